The molecule has 19 heavy (non-hydrogen) atoms. The van der Waals surface area contributed by atoms with Crippen LogP contribution in [0.1, 0.15) is 24.2 Å². The summed E-state index contributed by atoms with van der Waals surface area (Å²) in [6, 6.07) is 7.36. The summed E-state index contributed by atoms with van der Waals surface area (Å²) in [7, 11) is 3.68. The molecule has 0 bridgehead atoms. The van der Waals surface area contributed by atoms with Gasteiger partial charge in [0, 0.05) is 25.7 Å². The molecule has 0 aliphatic rings. The van der Waals surface area contributed by atoms with E-state index in [-0.39, 0.29) is 5.91 Å². The lowest BCUT2D eigenvalue weighted by Crippen LogP contribution is -2.32. The van der Waals surface area contributed by atoms with Gasteiger partial charge in [0.15, 0.2) is 0 Å². The van der Waals surface area contributed by atoms with Crippen molar-refractivity contribution in [2.75, 3.05) is 33.8 Å². The first kappa shape index (κ1) is 15.5. The van der Waals surface area contributed by atoms with Crippen molar-refractivity contribution in [2.45, 2.75) is 13.8 Å². The molecule has 0 fully saturated rings. The lowest BCUT2D eigenvalue weighted by Gasteiger charge is -2.17. The monoisotopic (exact) mass is 264 g/mol. The first-order chi connectivity index (χ1) is 9.04. The maximum Gasteiger partial charge on any atom is 0.253 e. The summed E-state index contributed by atoms with van der Waals surface area (Å²) < 4.78 is 5.64. The summed E-state index contributed by atoms with van der Waals surface area (Å²) in [4.78, 5) is 13.9. The van der Waals surface area contributed by atoms with Crippen LogP contribution in [-0.4, -0.2) is 44.6 Å². The quantitative estimate of drug-likeness (QED) is 0.819. The third-order valence-electron chi connectivity index (χ3n) is 2.71. The van der Waals surface area contributed by atoms with Gasteiger partial charge in [0.2, 0.25) is 0 Å². The minimum absolute atomic E-state index is 0.0187. The van der Waals surface area contributed by atoms with E-state index in [4.69, 9.17) is 4.74 Å². The van der Waals surface area contributed by atoms with Crippen molar-refractivity contribution < 1.29 is 9.53 Å². The number of hydrogen-bond acceptors (Lipinski definition) is 3. The second-order valence-electron chi connectivity index (χ2n) is 5.06. The SMILES string of the molecule is CNCCN(C)C(=O)c1cccc(OCC(C)C)c1. The van der Waals surface area contributed by atoms with Gasteiger partial charge >= 0.3 is 0 Å². The van der Waals surface area contributed by atoms with Crippen LogP contribution < -0.4 is 10.1 Å². The Hall–Kier alpha value is -1.55. The molecule has 1 aromatic carbocycles. The molecule has 4 nitrogen and oxygen atoms in total. The Morgan fingerprint density at radius 3 is 2.79 bits per heavy atom. The predicted octanol–water partition coefficient (Wildman–Crippen LogP) is 2.01. The van der Waals surface area contributed by atoms with Gasteiger partial charge in [0.05, 0.1) is 6.61 Å². The highest BCUT2D eigenvalue weighted by molar-refractivity contribution is 5.94. The van der Waals surface area contributed by atoms with Gasteiger partial charge in [0.25, 0.3) is 5.91 Å². The van der Waals surface area contributed by atoms with E-state index in [1.807, 2.05) is 25.2 Å². The fourth-order valence-electron chi connectivity index (χ4n) is 1.58. The summed E-state index contributed by atoms with van der Waals surface area (Å²) in [5.41, 5.74) is 0.667. The normalized spacial score (nSPS) is 10.6. The molecule has 1 N–H and O–H groups in total. The maximum absolute atomic E-state index is 12.2. The molecule has 106 valence electrons. The Balaban J connectivity index is 2.67. The molecule has 0 aliphatic heterocycles. The Morgan fingerprint density at radius 1 is 1.42 bits per heavy atom. The van der Waals surface area contributed by atoms with Crippen LogP contribution in [0, 0.1) is 5.92 Å². The molecule has 0 radical (unpaired) electrons. The number of carbonyl (C=O) groups excluding carboxylic acids is 1. The molecule has 0 saturated heterocycles. The average molecular weight is 264 g/mol. The molecule has 0 spiro atoms. The van der Waals surface area contributed by atoms with Gasteiger partial charge in [-0.2, -0.15) is 0 Å². The number of likely N-dealkylation sites (N-methyl/N-ethyl adjacent to an activating group) is 2. The van der Waals surface area contributed by atoms with Crippen molar-refractivity contribution in [1.82, 2.24) is 10.2 Å². The van der Waals surface area contributed by atoms with Gasteiger partial charge < -0.3 is 15.0 Å². The van der Waals surface area contributed by atoms with Crippen molar-refractivity contribution in [3.05, 3.63) is 29.8 Å². The van der Waals surface area contributed by atoms with Crippen LogP contribution in [0.15, 0.2) is 24.3 Å². The van der Waals surface area contributed by atoms with Gasteiger partial charge in [0.1, 0.15) is 5.75 Å². The largest absolute Gasteiger partial charge is 0.493 e. The summed E-state index contributed by atoms with van der Waals surface area (Å²) in [5, 5.41) is 3.03. The van der Waals surface area contributed by atoms with E-state index < -0.39 is 0 Å². The molecular weight excluding hydrogens is 240 g/mol. The fraction of sp³-hybridized carbons (Fsp3) is 0.533. The highest BCUT2D eigenvalue weighted by atomic mass is 16.5. The Labute approximate surface area is 115 Å². The number of nitrogens with one attached hydrogen (secondary N) is 1. The minimum Gasteiger partial charge on any atom is -0.493 e. The molecule has 0 heterocycles. The van der Waals surface area contributed by atoms with E-state index in [9.17, 15) is 4.79 Å². The van der Waals surface area contributed by atoms with E-state index in [0.29, 0.717) is 24.6 Å². The highest BCUT2D eigenvalue weighted by Crippen LogP contribution is 2.15. The van der Waals surface area contributed by atoms with E-state index in [1.54, 1.807) is 18.0 Å². The zero-order valence-electron chi connectivity index (χ0n) is 12.3. The van der Waals surface area contributed by atoms with Gasteiger partial charge in [-0.3, -0.25) is 4.79 Å². The molecule has 1 rings (SSSR count). The summed E-state index contributed by atoms with van der Waals surface area (Å²) in [6.45, 7) is 6.33. The molecule has 0 saturated carbocycles. The number of hydrogen-bond donors (Lipinski definition) is 1. The molecular formula is C15H24N2O2. The van der Waals surface area contributed by atoms with Crippen molar-refractivity contribution >= 4 is 5.91 Å². The van der Waals surface area contributed by atoms with Crippen LogP contribution in [0.2, 0.25) is 0 Å². The lowest BCUT2D eigenvalue weighted by molar-refractivity contribution is 0.0796. The van der Waals surface area contributed by atoms with Crippen LogP contribution in [-0.2, 0) is 0 Å². The number of rotatable bonds is 7. The van der Waals surface area contributed by atoms with Gasteiger partial charge in [-0.1, -0.05) is 19.9 Å². The van der Waals surface area contributed by atoms with Crippen molar-refractivity contribution in [2.24, 2.45) is 5.92 Å². The van der Waals surface area contributed by atoms with Gasteiger partial charge in [-0.25, -0.2) is 0 Å². The first-order valence-electron chi connectivity index (χ1n) is 6.67. The second kappa shape index (κ2) is 7.79. The van der Waals surface area contributed by atoms with E-state index in [0.717, 1.165) is 12.3 Å². The second-order valence-corrected chi connectivity index (χ2v) is 5.06. The molecule has 0 aromatic heterocycles. The van der Waals surface area contributed by atoms with E-state index in [2.05, 4.69) is 19.2 Å². The van der Waals surface area contributed by atoms with Crippen molar-refractivity contribution in [1.29, 1.82) is 0 Å². The highest BCUT2D eigenvalue weighted by Gasteiger charge is 2.11. The smallest absolute Gasteiger partial charge is 0.253 e. The number of nitrogens with zero attached hydrogens (tertiary/aromatic N) is 1. The number of ether oxygens (including phenoxy) is 1. The topological polar surface area (TPSA) is 41.6 Å². The van der Waals surface area contributed by atoms with Crippen LogP contribution in [0.5, 0.6) is 5.75 Å². The zero-order chi connectivity index (χ0) is 14.3. The average Bonchev–Trinajstić information content (AvgIpc) is 2.42. The number of benzene rings is 1. The molecule has 0 unspecified atom stereocenters. The Bertz CT molecular complexity index is 405. The van der Waals surface area contributed by atoms with Crippen molar-refractivity contribution in [3.63, 3.8) is 0 Å². The first-order valence-corrected chi connectivity index (χ1v) is 6.67. The lowest BCUT2D eigenvalue weighted by atomic mass is 10.2. The Kier molecular flexibility index (Phi) is 6.36. The summed E-state index contributed by atoms with van der Waals surface area (Å²) in [5.74, 6) is 1.24. The zero-order valence-corrected chi connectivity index (χ0v) is 12.3. The van der Waals surface area contributed by atoms with E-state index in [1.165, 1.54) is 0 Å². The fourth-order valence-corrected chi connectivity index (χ4v) is 1.58. The Morgan fingerprint density at radius 2 is 2.16 bits per heavy atom. The van der Waals surface area contributed by atoms with E-state index >= 15 is 0 Å². The van der Waals surface area contributed by atoms with Crippen molar-refractivity contribution in [3.8, 4) is 5.75 Å². The van der Waals surface area contributed by atoms with Crippen LogP contribution in [0.4, 0.5) is 0 Å². The molecule has 0 atom stereocenters. The van der Waals surface area contributed by atoms with Crippen LogP contribution >= 0.6 is 0 Å². The number of carbonyl (C=O) groups is 1. The molecule has 4 heteroatoms. The molecule has 1 amide bonds. The minimum atomic E-state index is 0.0187. The third kappa shape index (κ3) is 5.30. The standard InChI is InChI=1S/C15H24N2O2/c1-12(2)11-19-14-7-5-6-13(10-14)15(18)17(4)9-8-16-3/h5-7,10,12,16H,8-9,11H2,1-4H3. The van der Waals surface area contributed by atoms with Crippen LogP contribution in [0.3, 0.4) is 0 Å². The predicted molar refractivity (Wildman–Crippen MR) is 77.7 cm³/mol. The summed E-state index contributed by atoms with van der Waals surface area (Å²) in [6.07, 6.45) is 0. The molecule has 1 aromatic rings. The summed E-state index contributed by atoms with van der Waals surface area (Å²) >= 11 is 0. The van der Waals surface area contributed by atoms with Gasteiger partial charge in [-0.15, -0.1) is 0 Å². The molecule has 0 aliphatic carbocycles. The van der Waals surface area contributed by atoms with Crippen LogP contribution in [0.25, 0.3) is 0 Å². The third-order valence-corrected chi connectivity index (χ3v) is 2.71. The maximum atomic E-state index is 12.2. The van der Waals surface area contributed by atoms with Gasteiger partial charge in [-0.05, 0) is 31.2 Å². The number of amides is 1.